The predicted molar refractivity (Wildman–Crippen MR) is 80.1 cm³/mol. The molecule has 0 aliphatic rings. The van der Waals surface area contributed by atoms with E-state index in [-0.39, 0.29) is 6.04 Å². The Morgan fingerprint density at radius 2 is 1.75 bits per heavy atom. The fourth-order valence-corrected chi connectivity index (χ4v) is 2.44. The molecule has 0 fully saturated rings. The molecule has 1 aromatic rings. The number of nitrogens with one attached hydrogen (secondary N) is 1. The quantitative estimate of drug-likeness (QED) is 0.686. The van der Waals surface area contributed by atoms with Crippen molar-refractivity contribution in [2.75, 3.05) is 18.6 Å². The van der Waals surface area contributed by atoms with E-state index in [0.717, 1.165) is 30.7 Å². The first-order valence-corrected chi connectivity index (χ1v) is 8.24. The fraction of sp³-hybridized carbons (Fsp3) is 0.600. The zero-order valence-electron chi connectivity index (χ0n) is 12.0. The Balaban J connectivity index is 2.34. The highest BCUT2D eigenvalue weighted by molar-refractivity contribution is 7.98. The summed E-state index contributed by atoms with van der Waals surface area (Å²) in [4.78, 5) is 0. The van der Waals surface area contributed by atoms with Crippen molar-refractivity contribution in [3.05, 3.63) is 35.4 Å². The Hall–Kier alpha value is -0.680. The summed E-state index contributed by atoms with van der Waals surface area (Å²) < 4.78 is 37.4. The Bertz CT molecular complexity index is 376. The van der Waals surface area contributed by atoms with Crippen LogP contribution in [-0.2, 0) is 6.18 Å². The topological polar surface area (TPSA) is 12.0 Å². The summed E-state index contributed by atoms with van der Waals surface area (Å²) in [5, 5.41) is 3.35. The van der Waals surface area contributed by atoms with Gasteiger partial charge in [-0.2, -0.15) is 24.9 Å². The van der Waals surface area contributed by atoms with Crippen LogP contribution >= 0.6 is 11.8 Å². The van der Waals surface area contributed by atoms with Gasteiger partial charge in [-0.05, 0) is 56.0 Å². The van der Waals surface area contributed by atoms with E-state index in [4.69, 9.17) is 0 Å². The van der Waals surface area contributed by atoms with Gasteiger partial charge in [0.15, 0.2) is 0 Å². The fourth-order valence-electron chi connectivity index (χ4n) is 1.95. The SMILES string of the molecule is CSCCCCCNC(C)c1ccc(C(F)(F)F)cc1. The maximum absolute atomic E-state index is 12.5. The molecule has 0 saturated heterocycles. The Morgan fingerprint density at radius 1 is 1.10 bits per heavy atom. The molecule has 0 radical (unpaired) electrons. The van der Waals surface area contributed by atoms with Crippen LogP contribution < -0.4 is 5.32 Å². The van der Waals surface area contributed by atoms with Crippen LogP contribution in [0.1, 0.15) is 43.4 Å². The van der Waals surface area contributed by atoms with Crippen molar-refractivity contribution in [1.29, 1.82) is 0 Å². The zero-order valence-corrected chi connectivity index (χ0v) is 12.8. The molecule has 0 heterocycles. The lowest BCUT2D eigenvalue weighted by molar-refractivity contribution is -0.137. The number of thioether (sulfide) groups is 1. The van der Waals surface area contributed by atoms with Crippen LogP contribution in [0.5, 0.6) is 0 Å². The average Bonchev–Trinajstić information content (AvgIpc) is 2.41. The lowest BCUT2D eigenvalue weighted by atomic mass is 10.1. The van der Waals surface area contributed by atoms with Crippen LogP contribution in [-0.4, -0.2) is 18.6 Å². The van der Waals surface area contributed by atoms with E-state index in [0.29, 0.717) is 0 Å². The number of unbranched alkanes of at least 4 members (excludes halogenated alkanes) is 2. The summed E-state index contributed by atoms with van der Waals surface area (Å²) in [7, 11) is 0. The van der Waals surface area contributed by atoms with Crippen LogP contribution in [0.3, 0.4) is 0 Å². The van der Waals surface area contributed by atoms with E-state index >= 15 is 0 Å². The van der Waals surface area contributed by atoms with Gasteiger partial charge < -0.3 is 5.32 Å². The predicted octanol–water partition coefficient (Wildman–Crippen LogP) is 4.89. The summed E-state index contributed by atoms with van der Waals surface area (Å²) in [6.07, 6.45) is 1.36. The van der Waals surface area contributed by atoms with Crippen molar-refractivity contribution in [2.45, 2.75) is 38.4 Å². The van der Waals surface area contributed by atoms with Crippen molar-refractivity contribution in [3.63, 3.8) is 0 Å². The van der Waals surface area contributed by atoms with Crippen molar-refractivity contribution < 1.29 is 13.2 Å². The van der Waals surface area contributed by atoms with Gasteiger partial charge in [-0.25, -0.2) is 0 Å². The molecule has 1 N–H and O–H groups in total. The molecule has 5 heteroatoms. The van der Waals surface area contributed by atoms with Gasteiger partial charge in [-0.3, -0.25) is 0 Å². The molecule has 114 valence electrons. The molecular weight excluding hydrogens is 283 g/mol. The number of hydrogen-bond acceptors (Lipinski definition) is 2. The van der Waals surface area contributed by atoms with Gasteiger partial charge in [-0.15, -0.1) is 0 Å². The van der Waals surface area contributed by atoms with Gasteiger partial charge in [0.2, 0.25) is 0 Å². The molecule has 0 aliphatic heterocycles. The Morgan fingerprint density at radius 3 is 2.30 bits per heavy atom. The van der Waals surface area contributed by atoms with E-state index in [1.807, 2.05) is 18.7 Å². The molecule has 0 saturated carbocycles. The first kappa shape index (κ1) is 17.4. The summed E-state index contributed by atoms with van der Waals surface area (Å²) >= 11 is 1.85. The standard InChI is InChI=1S/C15H22F3NS/c1-12(19-10-4-3-5-11-20-2)13-6-8-14(9-7-13)15(16,17)18/h6-9,12,19H,3-5,10-11H2,1-2H3. The first-order chi connectivity index (χ1) is 9.45. The van der Waals surface area contributed by atoms with Crippen molar-refractivity contribution in [3.8, 4) is 0 Å². The first-order valence-electron chi connectivity index (χ1n) is 6.84. The second-order valence-electron chi connectivity index (χ2n) is 4.85. The Labute approximate surface area is 123 Å². The number of halogens is 3. The Kier molecular flexibility index (Phi) is 7.45. The second kappa shape index (κ2) is 8.57. The number of alkyl halides is 3. The third-order valence-electron chi connectivity index (χ3n) is 3.21. The van der Waals surface area contributed by atoms with Gasteiger partial charge in [-0.1, -0.05) is 18.6 Å². The van der Waals surface area contributed by atoms with Crippen LogP contribution in [0, 0.1) is 0 Å². The van der Waals surface area contributed by atoms with Crippen LogP contribution in [0.15, 0.2) is 24.3 Å². The van der Waals surface area contributed by atoms with E-state index < -0.39 is 11.7 Å². The molecule has 1 unspecified atom stereocenters. The maximum atomic E-state index is 12.5. The van der Waals surface area contributed by atoms with E-state index in [1.165, 1.54) is 18.6 Å². The molecule has 20 heavy (non-hydrogen) atoms. The third-order valence-corrected chi connectivity index (χ3v) is 3.91. The van der Waals surface area contributed by atoms with Crippen LogP contribution in [0.2, 0.25) is 0 Å². The molecule has 1 aromatic carbocycles. The maximum Gasteiger partial charge on any atom is 0.416 e. The second-order valence-corrected chi connectivity index (χ2v) is 5.83. The number of rotatable bonds is 8. The summed E-state index contributed by atoms with van der Waals surface area (Å²) in [5.74, 6) is 1.19. The molecule has 0 bridgehead atoms. The van der Waals surface area contributed by atoms with E-state index in [9.17, 15) is 13.2 Å². The molecule has 0 aliphatic carbocycles. The molecule has 1 nitrogen and oxygen atoms in total. The largest absolute Gasteiger partial charge is 0.416 e. The van der Waals surface area contributed by atoms with Crippen molar-refractivity contribution in [2.24, 2.45) is 0 Å². The monoisotopic (exact) mass is 305 g/mol. The van der Waals surface area contributed by atoms with Crippen LogP contribution in [0.4, 0.5) is 13.2 Å². The molecule has 0 spiro atoms. The number of hydrogen-bond donors (Lipinski definition) is 1. The van der Waals surface area contributed by atoms with Gasteiger partial charge in [0, 0.05) is 6.04 Å². The molecule has 0 aromatic heterocycles. The minimum Gasteiger partial charge on any atom is -0.310 e. The lowest BCUT2D eigenvalue weighted by Crippen LogP contribution is -2.20. The third kappa shape index (κ3) is 6.18. The van der Waals surface area contributed by atoms with E-state index in [2.05, 4.69) is 11.6 Å². The van der Waals surface area contributed by atoms with E-state index in [1.54, 1.807) is 12.1 Å². The minimum absolute atomic E-state index is 0.0813. The lowest BCUT2D eigenvalue weighted by Gasteiger charge is -2.15. The average molecular weight is 305 g/mol. The summed E-state index contributed by atoms with van der Waals surface area (Å²) in [6, 6.07) is 5.47. The molecule has 1 atom stereocenters. The molecule has 0 amide bonds. The van der Waals surface area contributed by atoms with Crippen LogP contribution in [0.25, 0.3) is 0 Å². The number of benzene rings is 1. The van der Waals surface area contributed by atoms with Gasteiger partial charge in [0.1, 0.15) is 0 Å². The summed E-state index contributed by atoms with van der Waals surface area (Å²) in [5.41, 5.74) is 0.299. The van der Waals surface area contributed by atoms with Gasteiger partial charge in [0.05, 0.1) is 5.56 Å². The highest BCUT2D eigenvalue weighted by atomic mass is 32.2. The van der Waals surface area contributed by atoms with Crippen molar-refractivity contribution in [1.82, 2.24) is 5.32 Å². The highest BCUT2D eigenvalue weighted by Gasteiger charge is 2.30. The molecule has 1 rings (SSSR count). The van der Waals surface area contributed by atoms with Gasteiger partial charge in [0.25, 0.3) is 0 Å². The smallest absolute Gasteiger partial charge is 0.310 e. The minimum atomic E-state index is -4.26. The highest BCUT2D eigenvalue weighted by Crippen LogP contribution is 2.29. The normalized spacial score (nSPS) is 13.4. The zero-order chi connectivity index (χ0) is 15.0. The van der Waals surface area contributed by atoms with Gasteiger partial charge >= 0.3 is 6.18 Å². The summed E-state index contributed by atoms with van der Waals surface area (Å²) in [6.45, 7) is 2.88. The molecular formula is C15H22F3NS. The van der Waals surface area contributed by atoms with Crippen molar-refractivity contribution >= 4 is 11.8 Å².